The summed E-state index contributed by atoms with van der Waals surface area (Å²) >= 11 is 0. The molecule has 1 aromatic carbocycles. The maximum atomic E-state index is 12.2. The van der Waals surface area contributed by atoms with Crippen LogP contribution >= 0.6 is 0 Å². The molecular formula is C17H21N3O3. The van der Waals surface area contributed by atoms with Crippen molar-refractivity contribution in [3.8, 4) is 11.5 Å². The number of amides is 1. The summed E-state index contributed by atoms with van der Waals surface area (Å²) in [6, 6.07) is 7.35. The van der Waals surface area contributed by atoms with Gasteiger partial charge in [0.05, 0.1) is 13.7 Å². The number of ether oxygens (including phenoxy) is 2. The Kier molecular flexibility index (Phi) is 4.80. The Morgan fingerprint density at radius 2 is 1.96 bits per heavy atom. The number of hydrogen-bond donors (Lipinski definition) is 2. The SMILES string of the molecule is COc1ccc(OCCNC(=O)c2n[nH]c3c2CCCC3)cc1. The van der Waals surface area contributed by atoms with E-state index in [1.807, 2.05) is 24.3 Å². The predicted octanol–water partition coefficient (Wildman–Crippen LogP) is 2.11. The van der Waals surface area contributed by atoms with Gasteiger partial charge in [-0.3, -0.25) is 9.89 Å². The van der Waals surface area contributed by atoms with Crippen molar-refractivity contribution >= 4 is 5.91 Å². The summed E-state index contributed by atoms with van der Waals surface area (Å²) in [5.41, 5.74) is 2.71. The first-order valence-corrected chi connectivity index (χ1v) is 7.89. The van der Waals surface area contributed by atoms with Gasteiger partial charge in [-0.15, -0.1) is 0 Å². The average Bonchev–Trinajstić information content (AvgIpc) is 3.03. The van der Waals surface area contributed by atoms with Crippen molar-refractivity contribution in [3.05, 3.63) is 41.2 Å². The summed E-state index contributed by atoms with van der Waals surface area (Å²) < 4.78 is 10.7. The number of hydrogen-bond acceptors (Lipinski definition) is 4. The van der Waals surface area contributed by atoms with Gasteiger partial charge >= 0.3 is 0 Å². The number of nitrogens with zero attached hydrogens (tertiary/aromatic N) is 1. The van der Waals surface area contributed by atoms with Gasteiger partial charge in [-0.05, 0) is 49.9 Å². The summed E-state index contributed by atoms with van der Waals surface area (Å²) in [5.74, 6) is 1.40. The molecule has 1 amide bonds. The van der Waals surface area contributed by atoms with E-state index in [2.05, 4.69) is 15.5 Å². The molecule has 0 spiro atoms. The molecule has 2 aromatic rings. The third kappa shape index (κ3) is 3.64. The van der Waals surface area contributed by atoms with E-state index in [1.165, 1.54) is 0 Å². The second kappa shape index (κ2) is 7.17. The Balaban J connectivity index is 1.46. The number of methoxy groups -OCH3 is 1. The minimum atomic E-state index is -0.136. The van der Waals surface area contributed by atoms with E-state index < -0.39 is 0 Å². The highest BCUT2D eigenvalue weighted by Crippen LogP contribution is 2.22. The topological polar surface area (TPSA) is 76.2 Å². The molecule has 2 N–H and O–H groups in total. The van der Waals surface area contributed by atoms with Crippen molar-refractivity contribution in [1.82, 2.24) is 15.5 Å². The van der Waals surface area contributed by atoms with E-state index in [-0.39, 0.29) is 5.91 Å². The first-order valence-electron chi connectivity index (χ1n) is 7.89. The summed E-state index contributed by atoms with van der Waals surface area (Å²) in [4.78, 5) is 12.2. The molecule has 122 valence electrons. The first-order chi connectivity index (χ1) is 11.3. The van der Waals surface area contributed by atoms with E-state index in [9.17, 15) is 4.79 Å². The standard InChI is InChI=1S/C17H21N3O3/c1-22-12-6-8-13(9-7-12)23-11-10-18-17(21)16-14-4-2-3-5-15(14)19-20-16/h6-9H,2-5,10-11H2,1H3,(H,18,21)(H,19,20). The van der Waals surface area contributed by atoms with Gasteiger partial charge in [0, 0.05) is 11.3 Å². The Morgan fingerprint density at radius 3 is 2.74 bits per heavy atom. The highest BCUT2D eigenvalue weighted by atomic mass is 16.5. The van der Waals surface area contributed by atoms with Crippen LogP contribution in [0, 0.1) is 0 Å². The Bertz CT molecular complexity index is 664. The quantitative estimate of drug-likeness (QED) is 0.801. The number of carbonyl (C=O) groups excluding carboxylic acids is 1. The molecule has 0 atom stereocenters. The number of aryl methyl sites for hydroxylation is 1. The second-order valence-electron chi connectivity index (χ2n) is 5.52. The monoisotopic (exact) mass is 315 g/mol. The van der Waals surface area contributed by atoms with Crippen LogP contribution in [0.3, 0.4) is 0 Å². The fraction of sp³-hybridized carbons (Fsp3) is 0.412. The second-order valence-corrected chi connectivity index (χ2v) is 5.52. The first kappa shape index (κ1) is 15.4. The minimum Gasteiger partial charge on any atom is -0.497 e. The van der Waals surface area contributed by atoms with E-state index in [0.29, 0.717) is 18.8 Å². The lowest BCUT2D eigenvalue weighted by Gasteiger charge is -2.11. The molecule has 23 heavy (non-hydrogen) atoms. The molecule has 0 bridgehead atoms. The van der Waals surface area contributed by atoms with Crippen LogP contribution in [0.1, 0.15) is 34.6 Å². The predicted molar refractivity (Wildman–Crippen MR) is 86.1 cm³/mol. The molecule has 0 saturated heterocycles. The van der Waals surface area contributed by atoms with Crippen molar-refractivity contribution in [2.75, 3.05) is 20.3 Å². The Labute approximate surface area is 135 Å². The van der Waals surface area contributed by atoms with Crippen molar-refractivity contribution in [2.45, 2.75) is 25.7 Å². The molecule has 0 aliphatic heterocycles. The fourth-order valence-corrected chi connectivity index (χ4v) is 2.76. The zero-order valence-corrected chi connectivity index (χ0v) is 13.2. The number of aromatic nitrogens is 2. The van der Waals surface area contributed by atoms with Crippen molar-refractivity contribution < 1.29 is 14.3 Å². The third-order valence-electron chi connectivity index (χ3n) is 3.99. The average molecular weight is 315 g/mol. The van der Waals surface area contributed by atoms with Gasteiger partial charge in [0.1, 0.15) is 18.1 Å². The maximum Gasteiger partial charge on any atom is 0.272 e. The van der Waals surface area contributed by atoms with Crippen LogP contribution in [-0.4, -0.2) is 36.4 Å². The Morgan fingerprint density at radius 1 is 1.22 bits per heavy atom. The maximum absolute atomic E-state index is 12.2. The molecule has 1 heterocycles. The van der Waals surface area contributed by atoms with Crippen molar-refractivity contribution in [3.63, 3.8) is 0 Å². The molecule has 6 nitrogen and oxygen atoms in total. The third-order valence-corrected chi connectivity index (χ3v) is 3.99. The van der Waals surface area contributed by atoms with Crippen LogP contribution in [0.5, 0.6) is 11.5 Å². The van der Waals surface area contributed by atoms with E-state index in [4.69, 9.17) is 9.47 Å². The van der Waals surface area contributed by atoms with Crippen LogP contribution in [0.4, 0.5) is 0 Å². The zero-order valence-electron chi connectivity index (χ0n) is 13.2. The van der Waals surface area contributed by atoms with Crippen molar-refractivity contribution in [1.29, 1.82) is 0 Å². The number of rotatable bonds is 6. The fourth-order valence-electron chi connectivity index (χ4n) is 2.76. The van der Waals surface area contributed by atoms with Gasteiger partial charge < -0.3 is 14.8 Å². The van der Waals surface area contributed by atoms with E-state index in [0.717, 1.165) is 48.4 Å². The normalized spacial score (nSPS) is 13.3. The van der Waals surface area contributed by atoms with Crippen LogP contribution in [0.2, 0.25) is 0 Å². The van der Waals surface area contributed by atoms with Crippen LogP contribution in [-0.2, 0) is 12.8 Å². The lowest BCUT2D eigenvalue weighted by atomic mass is 9.96. The number of H-pyrrole nitrogens is 1. The van der Waals surface area contributed by atoms with Gasteiger partial charge in [0.2, 0.25) is 0 Å². The largest absolute Gasteiger partial charge is 0.497 e. The zero-order chi connectivity index (χ0) is 16.1. The highest BCUT2D eigenvalue weighted by Gasteiger charge is 2.21. The Hall–Kier alpha value is -2.50. The van der Waals surface area contributed by atoms with E-state index in [1.54, 1.807) is 7.11 Å². The molecule has 0 fully saturated rings. The summed E-state index contributed by atoms with van der Waals surface area (Å²) in [6.07, 6.45) is 4.19. The molecule has 0 unspecified atom stereocenters. The molecule has 1 aliphatic carbocycles. The van der Waals surface area contributed by atoms with Gasteiger partial charge in [0.25, 0.3) is 5.91 Å². The molecule has 6 heteroatoms. The van der Waals surface area contributed by atoms with Crippen LogP contribution in [0.15, 0.2) is 24.3 Å². The van der Waals surface area contributed by atoms with Gasteiger partial charge in [-0.1, -0.05) is 0 Å². The van der Waals surface area contributed by atoms with Gasteiger partial charge in [0.15, 0.2) is 5.69 Å². The van der Waals surface area contributed by atoms with Gasteiger partial charge in [-0.2, -0.15) is 5.10 Å². The molecular weight excluding hydrogens is 294 g/mol. The summed E-state index contributed by atoms with van der Waals surface area (Å²) in [5, 5.41) is 10.00. The summed E-state index contributed by atoms with van der Waals surface area (Å²) in [7, 11) is 1.62. The molecule has 1 aliphatic rings. The van der Waals surface area contributed by atoms with Crippen molar-refractivity contribution in [2.24, 2.45) is 0 Å². The van der Waals surface area contributed by atoms with Gasteiger partial charge in [-0.25, -0.2) is 0 Å². The number of benzene rings is 1. The highest BCUT2D eigenvalue weighted by molar-refractivity contribution is 5.94. The van der Waals surface area contributed by atoms with Crippen LogP contribution < -0.4 is 14.8 Å². The van der Waals surface area contributed by atoms with Crippen LogP contribution in [0.25, 0.3) is 0 Å². The molecule has 0 saturated carbocycles. The van der Waals surface area contributed by atoms with E-state index >= 15 is 0 Å². The number of aromatic amines is 1. The number of fused-ring (bicyclic) bond motifs is 1. The smallest absolute Gasteiger partial charge is 0.272 e. The number of nitrogens with one attached hydrogen (secondary N) is 2. The molecule has 3 rings (SSSR count). The molecule has 1 aromatic heterocycles. The molecule has 0 radical (unpaired) electrons. The lowest BCUT2D eigenvalue weighted by Crippen LogP contribution is -2.29. The summed E-state index contributed by atoms with van der Waals surface area (Å²) in [6.45, 7) is 0.844. The minimum absolute atomic E-state index is 0.136. The lowest BCUT2D eigenvalue weighted by molar-refractivity contribution is 0.0941. The number of carbonyl (C=O) groups is 1.